The van der Waals surface area contributed by atoms with Crippen molar-refractivity contribution < 1.29 is 0 Å². The van der Waals surface area contributed by atoms with Crippen molar-refractivity contribution in [3.8, 4) is 0 Å². The van der Waals surface area contributed by atoms with Crippen LogP contribution >= 0.6 is 0 Å². The molecule has 0 amide bonds. The van der Waals surface area contributed by atoms with Gasteiger partial charge in [-0.25, -0.2) is 9.97 Å². The van der Waals surface area contributed by atoms with E-state index in [0.29, 0.717) is 0 Å². The summed E-state index contributed by atoms with van der Waals surface area (Å²) in [4.78, 5) is 9.14. The second-order valence-electron chi connectivity index (χ2n) is 5.07. The molecule has 1 unspecified atom stereocenters. The molecule has 0 saturated heterocycles. The highest BCUT2D eigenvalue weighted by Gasteiger charge is 2.42. The minimum Gasteiger partial charge on any atom is -0.328 e. The van der Waals surface area contributed by atoms with E-state index >= 15 is 0 Å². The molecule has 0 aliphatic heterocycles. The SMILES string of the molecule is Cc1cc(CC(C)N)nc(C2(C)CC2)n1. The van der Waals surface area contributed by atoms with Crippen LogP contribution in [0.1, 0.15) is 43.9 Å². The predicted molar refractivity (Wildman–Crippen MR) is 60.7 cm³/mol. The quantitative estimate of drug-likeness (QED) is 0.817. The molecule has 1 fully saturated rings. The number of aryl methyl sites for hydroxylation is 1. The van der Waals surface area contributed by atoms with Crippen LogP contribution in [0.4, 0.5) is 0 Å². The van der Waals surface area contributed by atoms with Gasteiger partial charge in [-0.1, -0.05) is 6.92 Å². The van der Waals surface area contributed by atoms with E-state index in [1.165, 1.54) is 12.8 Å². The van der Waals surface area contributed by atoms with E-state index < -0.39 is 0 Å². The van der Waals surface area contributed by atoms with E-state index in [-0.39, 0.29) is 11.5 Å². The highest BCUT2D eigenvalue weighted by molar-refractivity contribution is 5.20. The second-order valence-corrected chi connectivity index (χ2v) is 5.07. The summed E-state index contributed by atoms with van der Waals surface area (Å²) in [6, 6.07) is 2.21. The van der Waals surface area contributed by atoms with Crippen molar-refractivity contribution in [2.24, 2.45) is 5.73 Å². The summed E-state index contributed by atoms with van der Waals surface area (Å²) in [5, 5.41) is 0. The van der Waals surface area contributed by atoms with Crippen molar-refractivity contribution in [3.05, 3.63) is 23.3 Å². The van der Waals surface area contributed by atoms with Crippen LogP contribution in [0.5, 0.6) is 0 Å². The average Bonchev–Trinajstić information content (AvgIpc) is 2.82. The lowest BCUT2D eigenvalue weighted by Gasteiger charge is -2.11. The molecule has 1 aromatic rings. The first-order chi connectivity index (χ1) is 6.99. The first-order valence-electron chi connectivity index (χ1n) is 5.60. The zero-order valence-corrected chi connectivity index (χ0v) is 9.75. The first kappa shape index (κ1) is 10.6. The van der Waals surface area contributed by atoms with Crippen LogP contribution in [0.2, 0.25) is 0 Å². The summed E-state index contributed by atoms with van der Waals surface area (Å²) >= 11 is 0. The Morgan fingerprint density at radius 1 is 1.47 bits per heavy atom. The van der Waals surface area contributed by atoms with E-state index in [4.69, 9.17) is 5.73 Å². The van der Waals surface area contributed by atoms with E-state index in [1.54, 1.807) is 0 Å². The zero-order chi connectivity index (χ0) is 11.1. The van der Waals surface area contributed by atoms with Crippen LogP contribution in [-0.2, 0) is 11.8 Å². The Labute approximate surface area is 91.1 Å². The van der Waals surface area contributed by atoms with Crippen LogP contribution in [0, 0.1) is 6.92 Å². The Morgan fingerprint density at radius 3 is 2.67 bits per heavy atom. The Bertz CT molecular complexity index is 367. The van der Waals surface area contributed by atoms with Gasteiger partial charge in [0.15, 0.2) is 0 Å². The minimum absolute atomic E-state index is 0.166. The third kappa shape index (κ3) is 2.34. The second kappa shape index (κ2) is 3.56. The van der Waals surface area contributed by atoms with Crippen molar-refractivity contribution in [1.82, 2.24) is 9.97 Å². The summed E-state index contributed by atoms with van der Waals surface area (Å²) in [7, 11) is 0. The van der Waals surface area contributed by atoms with Crippen LogP contribution < -0.4 is 5.73 Å². The van der Waals surface area contributed by atoms with Crippen molar-refractivity contribution in [1.29, 1.82) is 0 Å². The van der Waals surface area contributed by atoms with Gasteiger partial charge in [0.1, 0.15) is 5.82 Å². The molecule has 1 aliphatic rings. The summed E-state index contributed by atoms with van der Waals surface area (Å²) in [6.07, 6.45) is 3.27. The van der Waals surface area contributed by atoms with Crippen LogP contribution in [-0.4, -0.2) is 16.0 Å². The third-order valence-corrected chi connectivity index (χ3v) is 2.98. The standard InChI is InChI=1S/C12H19N3/c1-8(13)6-10-7-9(2)14-11(15-10)12(3)4-5-12/h7-8H,4-6,13H2,1-3H3. The molecule has 1 heterocycles. The maximum absolute atomic E-state index is 5.79. The van der Waals surface area contributed by atoms with Crippen LogP contribution in [0.15, 0.2) is 6.07 Å². The van der Waals surface area contributed by atoms with Gasteiger partial charge in [-0.15, -0.1) is 0 Å². The van der Waals surface area contributed by atoms with Gasteiger partial charge in [-0.3, -0.25) is 0 Å². The molecule has 3 heteroatoms. The Balaban J connectivity index is 2.28. The monoisotopic (exact) mass is 205 g/mol. The van der Waals surface area contributed by atoms with Gasteiger partial charge in [0.05, 0.1) is 0 Å². The molecule has 3 nitrogen and oxygen atoms in total. The number of hydrogen-bond donors (Lipinski definition) is 1. The van der Waals surface area contributed by atoms with Gasteiger partial charge in [0, 0.05) is 29.3 Å². The highest BCUT2D eigenvalue weighted by atomic mass is 14.9. The molecule has 1 aromatic heterocycles. The van der Waals surface area contributed by atoms with E-state index in [2.05, 4.69) is 16.9 Å². The van der Waals surface area contributed by atoms with Gasteiger partial charge in [-0.05, 0) is 32.8 Å². The first-order valence-corrected chi connectivity index (χ1v) is 5.60. The maximum Gasteiger partial charge on any atom is 0.134 e. The van der Waals surface area contributed by atoms with Gasteiger partial charge in [0.2, 0.25) is 0 Å². The number of rotatable bonds is 3. The Hall–Kier alpha value is -0.960. The van der Waals surface area contributed by atoms with Crippen molar-refractivity contribution in [2.75, 3.05) is 0 Å². The smallest absolute Gasteiger partial charge is 0.134 e. The normalized spacial score (nSPS) is 20.0. The van der Waals surface area contributed by atoms with Crippen LogP contribution in [0.25, 0.3) is 0 Å². The molecule has 82 valence electrons. The minimum atomic E-state index is 0.166. The summed E-state index contributed by atoms with van der Waals surface area (Å²) in [6.45, 7) is 6.27. The Morgan fingerprint density at radius 2 is 2.13 bits per heavy atom. The molecule has 0 spiro atoms. The topological polar surface area (TPSA) is 51.8 Å². The number of aromatic nitrogens is 2. The molecule has 1 aliphatic carbocycles. The number of hydrogen-bond acceptors (Lipinski definition) is 3. The molecule has 0 radical (unpaired) electrons. The lowest BCUT2D eigenvalue weighted by Crippen LogP contribution is -2.20. The molecular weight excluding hydrogens is 186 g/mol. The van der Waals surface area contributed by atoms with E-state index in [0.717, 1.165) is 23.6 Å². The van der Waals surface area contributed by atoms with E-state index in [1.807, 2.05) is 19.9 Å². The van der Waals surface area contributed by atoms with Gasteiger partial charge in [-0.2, -0.15) is 0 Å². The molecule has 0 bridgehead atoms. The van der Waals surface area contributed by atoms with E-state index in [9.17, 15) is 0 Å². The lowest BCUT2D eigenvalue weighted by atomic mass is 10.1. The van der Waals surface area contributed by atoms with Crippen LogP contribution in [0.3, 0.4) is 0 Å². The maximum atomic E-state index is 5.79. The predicted octanol–water partition coefficient (Wildman–Crippen LogP) is 1.73. The molecule has 2 N–H and O–H groups in total. The average molecular weight is 205 g/mol. The van der Waals surface area contributed by atoms with Crippen molar-refractivity contribution >= 4 is 0 Å². The lowest BCUT2D eigenvalue weighted by molar-refractivity contribution is 0.666. The summed E-state index contributed by atoms with van der Waals surface area (Å²) in [5.41, 5.74) is 8.18. The van der Waals surface area contributed by atoms with Crippen molar-refractivity contribution in [3.63, 3.8) is 0 Å². The molecule has 2 rings (SSSR count). The van der Waals surface area contributed by atoms with Gasteiger partial charge in [0.25, 0.3) is 0 Å². The molecule has 1 saturated carbocycles. The number of nitrogens with two attached hydrogens (primary N) is 1. The Kier molecular flexibility index (Phi) is 2.51. The zero-order valence-electron chi connectivity index (χ0n) is 9.75. The molecule has 1 atom stereocenters. The fourth-order valence-electron chi connectivity index (χ4n) is 1.75. The summed E-state index contributed by atoms with van der Waals surface area (Å²) in [5.74, 6) is 1.01. The fraction of sp³-hybridized carbons (Fsp3) is 0.667. The van der Waals surface area contributed by atoms with Gasteiger partial charge >= 0.3 is 0 Å². The number of nitrogens with zero attached hydrogens (tertiary/aromatic N) is 2. The molecule has 0 aromatic carbocycles. The molecular formula is C12H19N3. The van der Waals surface area contributed by atoms with Gasteiger partial charge < -0.3 is 5.73 Å². The summed E-state index contributed by atoms with van der Waals surface area (Å²) < 4.78 is 0. The van der Waals surface area contributed by atoms with Crippen molar-refractivity contribution in [2.45, 2.75) is 51.5 Å². The fourth-order valence-corrected chi connectivity index (χ4v) is 1.75. The third-order valence-electron chi connectivity index (χ3n) is 2.98. The largest absolute Gasteiger partial charge is 0.328 e. The highest BCUT2D eigenvalue weighted by Crippen LogP contribution is 2.45. The molecule has 15 heavy (non-hydrogen) atoms.